The van der Waals surface area contributed by atoms with Crippen LogP contribution in [0.3, 0.4) is 0 Å². The lowest BCUT2D eigenvalue weighted by Crippen LogP contribution is -2.23. The Kier molecular flexibility index (Phi) is 5.71. The summed E-state index contributed by atoms with van der Waals surface area (Å²) in [5.41, 5.74) is 3.46. The van der Waals surface area contributed by atoms with Crippen molar-refractivity contribution in [1.29, 1.82) is 0 Å². The summed E-state index contributed by atoms with van der Waals surface area (Å²) in [4.78, 5) is 22.9. The fraction of sp³-hybridized carbons (Fsp3) is 0.250. The number of anilines is 1. The first kappa shape index (κ1) is 18.4. The summed E-state index contributed by atoms with van der Waals surface area (Å²) in [5.74, 6) is -0.763. The van der Waals surface area contributed by atoms with Gasteiger partial charge in [0.1, 0.15) is 5.75 Å². The van der Waals surface area contributed by atoms with E-state index in [-0.39, 0.29) is 5.91 Å². The van der Waals surface area contributed by atoms with Gasteiger partial charge in [0.15, 0.2) is 6.61 Å². The highest BCUT2D eigenvalue weighted by Gasteiger charge is 2.13. The van der Waals surface area contributed by atoms with Gasteiger partial charge in [-0.2, -0.15) is 5.10 Å². The molecule has 0 bridgehead atoms. The number of aliphatic carboxylic acids is 1. The van der Waals surface area contributed by atoms with Gasteiger partial charge in [-0.1, -0.05) is 12.1 Å². The molecule has 0 saturated carbocycles. The fourth-order valence-electron chi connectivity index (χ4n) is 2.72. The summed E-state index contributed by atoms with van der Waals surface area (Å²) >= 11 is 0. The topological polar surface area (TPSA) is 91.2 Å². The van der Waals surface area contributed by atoms with E-state index in [1.54, 1.807) is 30.3 Å². The molecule has 27 heavy (non-hydrogen) atoms. The predicted molar refractivity (Wildman–Crippen MR) is 102 cm³/mol. The smallest absolute Gasteiger partial charge is 0.341 e. The van der Waals surface area contributed by atoms with Crippen LogP contribution in [0.15, 0.2) is 53.6 Å². The van der Waals surface area contributed by atoms with Crippen molar-refractivity contribution >= 4 is 23.3 Å². The van der Waals surface area contributed by atoms with E-state index in [0.29, 0.717) is 17.9 Å². The van der Waals surface area contributed by atoms with Crippen LogP contribution in [0.4, 0.5) is 5.69 Å². The number of carboxylic acid groups (broad SMARTS) is 1. The van der Waals surface area contributed by atoms with Gasteiger partial charge in [-0.15, -0.1) is 0 Å². The molecule has 0 aliphatic carbocycles. The van der Waals surface area contributed by atoms with Crippen LogP contribution >= 0.6 is 0 Å². The summed E-state index contributed by atoms with van der Waals surface area (Å²) in [6, 6.07) is 14.3. The van der Waals surface area contributed by atoms with E-state index in [1.807, 2.05) is 30.1 Å². The molecule has 0 radical (unpaired) electrons. The van der Waals surface area contributed by atoms with E-state index in [2.05, 4.69) is 10.4 Å². The number of rotatable bonds is 7. The lowest BCUT2D eigenvalue weighted by atomic mass is 10.1. The predicted octanol–water partition coefficient (Wildman–Crippen LogP) is 2.67. The van der Waals surface area contributed by atoms with Crippen molar-refractivity contribution in [2.45, 2.75) is 19.9 Å². The number of carbonyl (C=O) groups excluding carboxylic acids is 1. The molecule has 0 atom stereocenters. The molecule has 2 N–H and O–H groups in total. The van der Waals surface area contributed by atoms with Crippen molar-refractivity contribution in [3.63, 3.8) is 0 Å². The van der Waals surface area contributed by atoms with Crippen LogP contribution in [0.25, 0.3) is 0 Å². The minimum Gasteiger partial charge on any atom is -0.482 e. The van der Waals surface area contributed by atoms with Crippen LogP contribution in [-0.2, 0) is 11.3 Å². The van der Waals surface area contributed by atoms with E-state index in [9.17, 15) is 9.59 Å². The standard InChI is InChI=1S/C20H21N3O4/c1-14-9-10-23(22-14)17-7-5-16(6-8-17)20(26)21-12-15-3-2-4-18(11-15)27-13-19(24)25/h2-8,11H,9-10,12-13H2,1H3,(H,21,26)(H,24,25). The molecule has 0 saturated heterocycles. The largest absolute Gasteiger partial charge is 0.482 e. The van der Waals surface area contributed by atoms with Crippen molar-refractivity contribution in [2.75, 3.05) is 18.2 Å². The number of hydrazone groups is 1. The molecule has 3 rings (SSSR count). The zero-order valence-electron chi connectivity index (χ0n) is 15.0. The normalized spacial score (nSPS) is 13.2. The SMILES string of the molecule is CC1=NN(c2ccc(C(=O)NCc3cccc(OCC(=O)O)c3)cc2)CC1. The first-order valence-electron chi connectivity index (χ1n) is 8.65. The molecular weight excluding hydrogens is 346 g/mol. The maximum atomic E-state index is 12.3. The fourth-order valence-corrected chi connectivity index (χ4v) is 2.72. The molecule has 0 aromatic heterocycles. The zero-order chi connectivity index (χ0) is 19.2. The van der Waals surface area contributed by atoms with Crippen LogP contribution in [0, 0.1) is 0 Å². The highest BCUT2D eigenvalue weighted by atomic mass is 16.5. The van der Waals surface area contributed by atoms with E-state index < -0.39 is 12.6 Å². The van der Waals surface area contributed by atoms with Crippen molar-refractivity contribution in [3.05, 3.63) is 59.7 Å². The number of carboxylic acids is 1. The summed E-state index contributed by atoms with van der Waals surface area (Å²) in [7, 11) is 0. The number of benzene rings is 2. The van der Waals surface area contributed by atoms with E-state index in [0.717, 1.165) is 29.9 Å². The molecule has 2 aromatic rings. The van der Waals surface area contributed by atoms with E-state index in [1.165, 1.54) is 0 Å². The van der Waals surface area contributed by atoms with Gasteiger partial charge in [0.2, 0.25) is 0 Å². The van der Waals surface area contributed by atoms with Crippen molar-refractivity contribution in [1.82, 2.24) is 5.32 Å². The third-order valence-corrected chi connectivity index (χ3v) is 4.12. The molecule has 2 aromatic carbocycles. The molecule has 0 spiro atoms. The molecule has 140 valence electrons. The summed E-state index contributed by atoms with van der Waals surface area (Å²) in [6.45, 7) is 2.78. The second-order valence-electron chi connectivity index (χ2n) is 6.27. The molecule has 0 unspecified atom stereocenters. The molecule has 0 fully saturated rings. The average molecular weight is 367 g/mol. The lowest BCUT2D eigenvalue weighted by molar-refractivity contribution is -0.139. The van der Waals surface area contributed by atoms with E-state index in [4.69, 9.17) is 9.84 Å². The molecule has 1 amide bonds. The van der Waals surface area contributed by atoms with Gasteiger partial charge in [0, 0.05) is 30.8 Å². The lowest BCUT2D eigenvalue weighted by Gasteiger charge is -2.14. The third-order valence-electron chi connectivity index (χ3n) is 4.12. The Morgan fingerprint density at radius 2 is 2.00 bits per heavy atom. The Bertz CT molecular complexity index is 862. The Labute approximate surface area is 157 Å². The van der Waals surface area contributed by atoms with Crippen molar-refractivity contribution in [2.24, 2.45) is 5.10 Å². The van der Waals surface area contributed by atoms with Crippen LogP contribution in [-0.4, -0.2) is 35.8 Å². The van der Waals surface area contributed by atoms with Gasteiger partial charge in [-0.25, -0.2) is 4.79 Å². The van der Waals surface area contributed by atoms with E-state index >= 15 is 0 Å². The number of ether oxygens (including phenoxy) is 1. The van der Waals surface area contributed by atoms with Crippen LogP contribution in [0.1, 0.15) is 29.3 Å². The van der Waals surface area contributed by atoms with Crippen molar-refractivity contribution < 1.29 is 19.4 Å². The molecule has 1 aliphatic heterocycles. The monoisotopic (exact) mass is 367 g/mol. The molecule has 1 aliphatic rings. The number of nitrogens with one attached hydrogen (secondary N) is 1. The molecule has 1 heterocycles. The van der Waals surface area contributed by atoms with Gasteiger partial charge in [-0.05, 0) is 48.9 Å². The van der Waals surface area contributed by atoms with Gasteiger partial charge in [0.25, 0.3) is 5.91 Å². The first-order valence-corrected chi connectivity index (χ1v) is 8.65. The maximum Gasteiger partial charge on any atom is 0.341 e. The number of amides is 1. The summed E-state index contributed by atoms with van der Waals surface area (Å²) in [6.07, 6.45) is 0.956. The second-order valence-corrected chi connectivity index (χ2v) is 6.27. The Balaban J connectivity index is 1.56. The average Bonchev–Trinajstić information content (AvgIpc) is 3.11. The van der Waals surface area contributed by atoms with Gasteiger partial charge in [-0.3, -0.25) is 9.80 Å². The first-order chi connectivity index (χ1) is 13.0. The van der Waals surface area contributed by atoms with Gasteiger partial charge in [0.05, 0.1) is 5.69 Å². The van der Waals surface area contributed by atoms with Crippen LogP contribution < -0.4 is 15.1 Å². The Morgan fingerprint density at radius 1 is 1.22 bits per heavy atom. The molecule has 7 nitrogen and oxygen atoms in total. The van der Waals surface area contributed by atoms with Crippen LogP contribution in [0.5, 0.6) is 5.75 Å². The quantitative estimate of drug-likeness (QED) is 0.785. The third kappa shape index (κ3) is 5.07. The van der Waals surface area contributed by atoms with Gasteiger partial charge < -0.3 is 15.2 Å². The minimum atomic E-state index is -1.04. The maximum absolute atomic E-state index is 12.3. The molecular formula is C20H21N3O4. The minimum absolute atomic E-state index is 0.181. The highest BCUT2D eigenvalue weighted by Crippen LogP contribution is 2.20. The van der Waals surface area contributed by atoms with Crippen LogP contribution in [0.2, 0.25) is 0 Å². The second kappa shape index (κ2) is 8.35. The number of carbonyl (C=O) groups is 2. The Hall–Kier alpha value is -3.35. The highest BCUT2D eigenvalue weighted by molar-refractivity contribution is 5.94. The number of nitrogens with zero attached hydrogens (tertiary/aromatic N) is 2. The molecule has 7 heteroatoms. The Morgan fingerprint density at radius 3 is 2.67 bits per heavy atom. The van der Waals surface area contributed by atoms with Gasteiger partial charge >= 0.3 is 5.97 Å². The number of hydrogen-bond acceptors (Lipinski definition) is 5. The van der Waals surface area contributed by atoms with Crippen molar-refractivity contribution in [3.8, 4) is 5.75 Å². The zero-order valence-corrected chi connectivity index (χ0v) is 15.0. The summed E-state index contributed by atoms with van der Waals surface area (Å²) < 4.78 is 5.14. The number of hydrogen-bond donors (Lipinski definition) is 2. The summed E-state index contributed by atoms with van der Waals surface area (Å²) in [5, 5.41) is 17.9.